The highest BCUT2D eigenvalue weighted by Gasteiger charge is 2.13. The first-order valence-electron chi connectivity index (χ1n) is 6.16. The fourth-order valence-electron chi connectivity index (χ4n) is 1.91. The minimum Gasteiger partial charge on any atom is -0.323 e. The van der Waals surface area contributed by atoms with Crippen LogP contribution in [0.4, 0.5) is 11.4 Å². The van der Waals surface area contributed by atoms with Gasteiger partial charge in [0.05, 0.1) is 16.9 Å². The molecule has 0 aliphatic carbocycles. The Hall–Kier alpha value is -1.85. The van der Waals surface area contributed by atoms with Crippen molar-refractivity contribution in [3.8, 4) is 0 Å². The quantitative estimate of drug-likeness (QED) is 0.593. The van der Waals surface area contributed by atoms with E-state index in [9.17, 15) is 4.79 Å². The Morgan fingerprint density at radius 3 is 2.60 bits per heavy atom. The summed E-state index contributed by atoms with van der Waals surface area (Å²) in [5, 5.41) is 2.88. The van der Waals surface area contributed by atoms with Crippen LogP contribution in [0.3, 0.4) is 0 Å². The van der Waals surface area contributed by atoms with E-state index in [0.29, 0.717) is 11.3 Å². The van der Waals surface area contributed by atoms with E-state index in [0.717, 1.165) is 21.3 Å². The van der Waals surface area contributed by atoms with E-state index >= 15 is 0 Å². The van der Waals surface area contributed by atoms with E-state index in [1.165, 1.54) is 0 Å². The Labute approximate surface area is 126 Å². The zero-order valence-electron chi connectivity index (χ0n) is 11.3. The number of benzene rings is 2. The van der Waals surface area contributed by atoms with E-state index in [1.807, 2.05) is 44.2 Å². The lowest BCUT2D eigenvalue weighted by Gasteiger charge is -2.12. The first-order chi connectivity index (χ1) is 9.52. The fourth-order valence-corrected chi connectivity index (χ4v) is 2.27. The normalized spacial score (nSPS) is 10.2. The molecule has 0 spiro atoms. The number of nitrogens with two attached hydrogens (primary N) is 1. The van der Waals surface area contributed by atoms with Crippen LogP contribution in [0.5, 0.6) is 0 Å². The maximum atomic E-state index is 12.3. The highest BCUT2D eigenvalue weighted by atomic mass is 79.9. The molecule has 104 valence electrons. The van der Waals surface area contributed by atoms with Gasteiger partial charge < -0.3 is 10.7 Å². The standard InChI is InChI=1S/C15H16BrN3O/c1-9-6-7-11(13(8-9)19-17)15(20)18-12-5-3-4-10(2)14(12)16/h3-8,19H,17H2,1-2H3,(H,18,20). The lowest BCUT2D eigenvalue weighted by Crippen LogP contribution is -2.17. The van der Waals surface area contributed by atoms with Gasteiger partial charge in [0.15, 0.2) is 0 Å². The number of hydrazine groups is 1. The summed E-state index contributed by atoms with van der Waals surface area (Å²) in [7, 11) is 0. The molecule has 20 heavy (non-hydrogen) atoms. The summed E-state index contributed by atoms with van der Waals surface area (Å²) in [4.78, 5) is 12.3. The summed E-state index contributed by atoms with van der Waals surface area (Å²) in [6.07, 6.45) is 0. The second-order valence-electron chi connectivity index (χ2n) is 4.58. The number of carbonyl (C=O) groups excluding carboxylic acids is 1. The molecule has 0 bridgehead atoms. The van der Waals surface area contributed by atoms with Gasteiger partial charge in [0.1, 0.15) is 0 Å². The first-order valence-corrected chi connectivity index (χ1v) is 6.96. The lowest BCUT2D eigenvalue weighted by molar-refractivity contribution is 0.102. The molecule has 4 N–H and O–H groups in total. The average molecular weight is 334 g/mol. The number of hydrogen-bond acceptors (Lipinski definition) is 3. The van der Waals surface area contributed by atoms with Crippen molar-refractivity contribution < 1.29 is 4.79 Å². The van der Waals surface area contributed by atoms with Crippen LogP contribution in [0.25, 0.3) is 0 Å². The van der Waals surface area contributed by atoms with Crippen molar-refractivity contribution in [1.82, 2.24) is 0 Å². The average Bonchev–Trinajstić information content (AvgIpc) is 2.43. The number of halogens is 1. The third kappa shape index (κ3) is 3.00. The van der Waals surface area contributed by atoms with Crippen LogP contribution in [0, 0.1) is 13.8 Å². The lowest BCUT2D eigenvalue weighted by atomic mass is 10.1. The Morgan fingerprint density at radius 1 is 1.15 bits per heavy atom. The third-order valence-corrected chi connectivity index (χ3v) is 4.07. The van der Waals surface area contributed by atoms with Gasteiger partial charge in [-0.3, -0.25) is 10.6 Å². The van der Waals surface area contributed by atoms with Crippen LogP contribution in [0.15, 0.2) is 40.9 Å². The number of nitrogens with one attached hydrogen (secondary N) is 2. The van der Waals surface area contributed by atoms with E-state index < -0.39 is 0 Å². The molecule has 0 aromatic heterocycles. The minimum absolute atomic E-state index is 0.204. The zero-order valence-corrected chi connectivity index (χ0v) is 12.9. The molecule has 0 atom stereocenters. The summed E-state index contributed by atoms with van der Waals surface area (Å²) in [5.74, 6) is 5.26. The molecule has 2 aromatic carbocycles. The van der Waals surface area contributed by atoms with Gasteiger partial charge in [-0.05, 0) is 59.1 Å². The Balaban J connectivity index is 2.31. The molecule has 1 amide bonds. The topological polar surface area (TPSA) is 67.2 Å². The summed E-state index contributed by atoms with van der Waals surface area (Å²) >= 11 is 3.47. The van der Waals surface area contributed by atoms with Crippen molar-refractivity contribution in [3.63, 3.8) is 0 Å². The molecule has 0 unspecified atom stereocenters. The molecule has 5 heteroatoms. The number of anilines is 2. The van der Waals surface area contributed by atoms with Crippen molar-refractivity contribution in [2.24, 2.45) is 5.84 Å². The van der Waals surface area contributed by atoms with Crippen LogP contribution in [-0.2, 0) is 0 Å². The zero-order chi connectivity index (χ0) is 14.7. The number of amides is 1. The summed E-state index contributed by atoms with van der Waals surface area (Å²) in [6.45, 7) is 3.91. The third-order valence-electron chi connectivity index (χ3n) is 3.02. The van der Waals surface area contributed by atoms with Gasteiger partial charge in [-0.1, -0.05) is 18.2 Å². The molecule has 0 heterocycles. The SMILES string of the molecule is Cc1ccc(C(=O)Nc2cccc(C)c2Br)c(NN)c1. The second-order valence-corrected chi connectivity index (χ2v) is 5.38. The number of nitrogen functional groups attached to an aromatic ring is 1. The molecule has 0 fully saturated rings. The molecule has 0 saturated carbocycles. The van der Waals surface area contributed by atoms with Crippen LogP contribution in [0.1, 0.15) is 21.5 Å². The molecule has 2 rings (SSSR count). The number of aryl methyl sites for hydroxylation is 2. The summed E-state index contributed by atoms with van der Waals surface area (Å²) < 4.78 is 0.878. The van der Waals surface area contributed by atoms with Crippen LogP contribution in [-0.4, -0.2) is 5.91 Å². The molecule has 4 nitrogen and oxygen atoms in total. The Bertz CT molecular complexity index is 656. The van der Waals surface area contributed by atoms with Crippen LogP contribution in [0.2, 0.25) is 0 Å². The predicted molar refractivity (Wildman–Crippen MR) is 85.8 cm³/mol. The molecular formula is C15H16BrN3O. The molecule has 0 saturated heterocycles. The van der Waals surface area contributed by atoms with Gasteiger partial charge in [-0.2, -0.15) is 0 Å². The van der Waals surface area contributed by atoms with E-state index in [2.05, 4.69) is 26.7 Å². The van der Waals surface area contributed by atoms with Crippen LogP contribution < -0.4 is 16.6 Å². The van der Waals surface area contributed by atoms with Crippen molar-refractivity contribution >= 4 is 33.2 Å². The Morgan fingerprint density at radius 2 is 1.90 bits per heavy atom. The maximum Gasteiger partial charge on any atom is 0.257 e. The largest absolute Gasteiger partial charge is 0.323 e. The summed E-state index contributed by atoms with van der Waals surface area (Å²) in [5.41, 5.74) is 6.49. The smallest absolute Gasteiger partial charge is 0.257 e. The second kappa shape index (κ2) is 6.07. The van der Waals surface area contributed by atoms with E-state index in [4.69, 9.17) is 5.84 Å². The highest BCUT2D eigenvalue weighted by molar-refractivity contribution is 9.10. The maximum absolute atomic E-state index is 12.3. The van der Waals surface area contributed by atoms with Crippen molar-refractivity contribution in [3.05, 3.63) is 57.6 Å². The van der Waals surface area contributed by atoms with Crippen molar-refractivity contribution in [1.29, 1.82) is 0 Å². The van der Waals surface area contributed by atoms with Gasteiger partial charge in [-0.15, -0.1) is 0 Å². The van der Waals surface area contributed by atoms with Crippen molar-refractivity contribution in [2.45, 2.75) is 13.8 Å². The first kappa shape index (κ1) is 14.6. The van der Waals surface area contributed by atoms with Gasteiger partial charge in [0.25, 0.3) is 5.91 Å². The van der Waals surface area contributed by atoms with Gasteiger partial charge in [0.2, 0.25) is 0 Å². The van der Waals surface area contributed by atoms with E-state index in [-0.39, 0.29) is 5.91 Å². The van der Waals surface area contributed by atoms with Gasteiger partial charge >= 0.3 is 0 Å². The number of carbonyl (C=O) groups is 1. The monoisotopic (exact) mass is 333 g/mol. The molecule has 0 aliphatic heterocycles. The van der Waals surface area contributed by atoms with Crippen LogP contribution >= 0.6 is 15.9 Å². The molecular weight excluding hydrogens is 318 g/mol. The summed E-state index contributed by atoms with van der Waals surface area (Å²) in [6, 6.07) is 11.2. The molecule has 0 aliphatic rings. The predicted octanol–water partition coefficient (Wildman–Crippen LogP) is 3.60. The highest BCUT2D eigenvalue weighted by Crippen LogP contribution is 2.27. The van der Waals surface area contributed by atoms with E-state index in [1.54, 1.807) is 6.07 Å². The Kier molecular flexibility index (Phi) is 4.42. The van der Waals surface area contributed by atoms with Crippen molar-refractivity contribution in [2.75, 3.05) is 10.7 Å². The number of rotatable bonds is 3. The molecule has 0 radical (unpaired) electrons. The molecule has 2 aromatic rings. The van der Waals surface area contributed by atoms with Gasteiger partial charge in [-0.25, -0.2) is 0 Å². The van der Waals surface area contributed by atoms with Gasteiger partial charge in [0, 0.05) is 4.47 Å². The number of hydrogen-bond donors (Lipinski definition) is 3. The minimum atomic E-state index is -0.204. The fraction of sp³-hybridized carbons (Fsp3) is 0.133.